The van der Waals surface area contributed by atoms with Crippen molar-refractivity contribution >= 4 is 21.1 Å². The number of sulfonamides is 1. The minimum atomic E-state index is -3.57. The Morgan fingerprint density at radius 1 is 1.35 bits per heavy atom. The molecule has 1 aromatic heterocycles. The van der Waals surface area contributed by atoms with E-state index in [4.69, 9.17) is 5.73 Å². The first-order valence-electron chi connectivity index (χ1n) is 6.54. The normalized spacial score (nSPS) is 21.4. The molecule has 3 rings (SSSR count). The van der Waals surface area contributed by atoms with Crippen molar-refractivity contribution < 1.29 is 8.42 Å². The Morgan fingerprint density at radius 3 is 2.90 bits per heavy atom. The fraction of sp³-hybridized carbons (Fsp3) is 0.500. The van der Waals surface area contributed by atoms with Gasteiger partial charge in [-0.1, -0.05) is 6.07 Å². The maximum absolute atomic E-state index is 12.7. The molecule has 1 aromatic carbocycles. The molecule has 1 atom stereocenters. The fourth-order valence-electron chi connectivity index (χ4n) is 2.55. The van der Waals surface area contributed by atoms with Gasteiger partial charge in [0.15, 0.2) is 0 Å². The van der Waals surface area contributed by atoms with E-state index in [2.05, 4.69) is 10.2 Å². The van der Waals surface area contributed by atoms with Gasteiger partial charge in [-0.2, -0.15) is 19.3 Å². The molecule has 0 spiro atoms. The molecule has 20 heavy (non-hydrogen) atoms. The van der Waals surface area contributed by atoms with Crippen LogP contribution in [0.15, 0.2) is 23.1 Å². The summed E-state index contributed by atoms with van der Waals surface area (Å²) >= 11 is 0. The first-order chi connectivity index (χ1) is 9.48. The molecule has 0 unspecified atom stereocenters. The number of benzene rings is 1. The Kier molecular flexibility index (Phi) is 3.23. The molecule has 0 saturated carbocycles. The SMILES string of the molecule is Cn1nc2cccc(S(=O)(=O)N3CCC[C@H](N)C3)c2n1. The lowest BCUT2D eigenvalue weighted by atomic mass is 10.1. The van der Waals surface area contributed by atoms with E-state index >= 15 is 0 Å². The molecule has 1 aliphatic heterocycles. The maximum atomic E-state index is 12.7. The second-order valence-electron chi connectivity index (χ2n) is 5.08. The molecule has 7 nitrogen and oxygen atoms in total. The van der Waals surface area contributed by atoms with Crippen LogP contribution in [-0.4, -0.2) is 46.8 Å². The monoisotopic (exact) mass is 295 g/mol. The van der Waals surface area contributed by atoms with Gasteiger partial charge in [0.1, 0.15) is 15.9 Å². The summed E-state index contributed by atoms with van der Waals surface area (Å²) in [6, 6.07) is 4.92. The largest absolute Gasteiger partial charge is 0.327 e. The molecule has 0 aliphatic carbocycles. The zero-order chi connectivity index (χ0) is 14.3. The van der Waals surface area contributed by atoms with Gasteiger partial charge in [-0.15, -0.1) is 0 Å². The Bertz CT molecular complexity index is 739. The van der Waals surface area contributed by atoms with Crippen molar-refractivity contribution in [2.75, 3.05) is 13.1 Å². The van der Waals surface area contributed by atoms with E-state index < -0.39 is 10.0 Å². The molecule has 0 bridgehead atoms. The van der Waals surface area contributed by atoms with E-state index in [1.54, 1.807) is 25.2 Å². The van der Waals surface area contributed by atoms with Crippen LogP contribution in [0.3, 0.4) is 0 Å². The van der Waals surface area contributed by atoms with E-state index in [0.29, 0.717) is 24.1 Å². The molecule has 0 amide bonds. The molecular weight excluding hydrogens is 278 g/mol. The predicted octanol–water partition coefficient (Wildman–Crippen LogP) is 0.0801. The predicted molar refractivity (Wildman–Crippen MR) is 74.5 cm³/mol. The number of nitrogens with zero attached hydrogens (tertiary/aromatic N) is 4. The molecule has 2 N–H and O–H groups in total. The van der Waals surface area contributed by atoms with Gasteiger partial charge >= 0.3 is 0 Å². The van der Waals surface area contributed by atoms with Gasteiger partial charge in [0.05, 0.1) is 0 Å². The quantitative estimate of drug-likeness (QED) is 0.846. The Balaban J connectivity index is 2.09. The molecule has 0 radical (unpaired) electrons. The molecule has 1 aliphatic rings. The van der Waals surface area contributed by atoms with Crippen LogP contribution in [0, 0.1) is 0 Å². The Labute approximate surface area is 117 Å². The van der Waals surface area contributed by atoms with Gasteiger partial charge in [-0.25, -0.2) is 8.42 Å². The average molecular weight is 295 g/mol. The third-order valence-corrected chi connectivity index (χ3v) is 5.41. The summed E-state index contributed by atoms with van der Waals surface area (Å²) < 4.78 is 26.9. The van der Waals surface area contributed by atoms with E-state index in [-0.39, 0.29) is 10.9 Å². The van der Waals surface area contributed by atoms with Crippen molar-refractivity contribution in [3.63, 3.8) is 0 Å². The molecule has 1 saturated heterocycles. The Morgan fingerprint density at radius 2 is 2.15 bits per heavy atom. The van der Waals surface area contributed by atoms with E-state index in [1.165, 1.54) is 9.10 Å². The minimum absolute atomic E-state index is 0.0976. The second kappa shape index (κ2) is 4.80. The maximum Gasteiger partial charge on any atom is 0.245 e. The average Bonchev–Trinajstić information content (AvgIpc) is 2.78. The van der Waals surface area contributed by atoms with Crippen LogP contribution in [0.5, 0.6) is 0 Å². The van der Waals surface area contributed by atoms with E-state index in [0.717, 1.165) is 12.8 Å². The third-order valence-electron chi connectivity index (χ3n) is 3.51. The molecule has 2 aromatic rings. The van der Waals surface area contributed by atoms with Gasteiger partial charge in [-0.05, 0) is 25.0 Å². The summed E-state index contributed by atoms with van der Waals surface area (Å²) in [5.74, 6) is 0. The number of aromatic nitrogens is 3. The summed E-state index contributed by atoms with van der Waals surface area (Å²) in [7, 11) is -1.90. The number of hydrogen-bond donors (Lipinski definition) is 1. The number of aryl methyl sites for hydroxylation is 1. The number of rotatable bonds is 2. The van der Waals surface area contributed by atoms with Crippen molar-refractivity contribution in [1.82, 2.24) is 19.3 Å². The van der Waals surface area contributed by atoms with Crippen molar-refractivity contribution in [3.8, 4) is 0 Å². The van der Waals surface area contributed by atoms with Crippen LogP contribution < -0.4 is 5.73 Å². The van der Waals surface area contributed by atoms with E-state index in [1.807, 2.05) is 0 Å². The van der Waals surface area contributed by atoms with Crippen molar-refractivity contribution in [2.45, 2.75) is 23.8 Å². The number of fused-ring (bicyclic) bond motifs is 1. The molecular formula is C12H17N5O2S. The summed E-state index contributed by atoms with van der Waals surface area (Å²) in [5.41, 5.74) is 6.87. The Hall–Kier alpha value is -1.51. The van der Waals surface area contributed by atoms with Gasteiger partial charge in [-0.3, -0.25) is 0 Å². The molecule has 1 fully saturated rings. The van der Waals surface area contributed by atoms with Crippen LogP contribution in [0.1, 0.15) is 12.8 Å². The lowest BCUT2D eigenvalue weighted by molar-refractivity contribution is 0.316. The lowest BCUT2D eigenvalue weighted by Crippen LogP contribution is -2.45. The third kappa shape index (κ3) is 2.19. The number of piperidine rings is 1. The summed E-state index contributed by atoms with van der Waals surface area (Å²) in [6.45, 7) is 0.867. The highest BCUT2D eigenvalue weighted by Gasteiger charge is 2.31. The van der Waals surface area contributed by atoms with Gasteiger partial charge in [0, 0.05) is 26.2 Å². The second-order valence-corrected chi connectivity index (χ2v) is 6.99. The first kappa shape index (κ1) is 13.5. The van der Waals surface area contributed by atoms with Gasteiger partial charge in [0.2, 0.25) is 10.0 Å². The van der Waals surface area contributed by atoms with Crippen molar-refractivity contribution in [1.29, 1.82) is 0 Å². The summed E-state index contributed by atoms with van der Waals surface area (Å²) in [6.07, 6.45) is 1.65. The highest BCUT2D eigenvalue weighted by atomic mass is 32.2. The standard InChI is InChI=1S/C12H17N5O2S/c1-16-14-10-5-2-6-11(12(10)15-16)20(18,19)17-7-3-4-9(13)8-17/h2,5-6,9H,3-4,7-8,13H2,1H3/t9-/m0/s1. The highest BCUT2D eigenvalue weighted by molar-refractivity contribution is 7.89. The van der Waals surface area contributed by atoms with Crippen LogP contribution in [-0.2, 0) is 17.1 Å². The summed E-state index contributed by atoms with van der Waals surface area (Å²) in [4.78, 5) is 1.59. The first-order valence-corrected chi connectivity index (χ1v) is 7.98. The van der Waals surface area contributed by atoms with Crippen LogP contribution in [0.25, 0.3) is 11.0 Å². The zero-order valence-electron chi connectivity index (χ0n) is 11.2. The van der Waals surface area contributed by atoms with Crippen LogP contribution in [0.2, 0.25) is 0 Å². The summed E-state index contributed by atoms with van der Waals surface area (Å²) in [5, 5.41) is 8.31. The molecule has 8 heteroatoms. The van der Waals surface area contributed by atoms with Crippen molar-refractivity contribution in [2.24, 2.45) is 12.8 Å². The molecule has 2 heterocycles. The van der Waals surface area contributed by atoms with Crippen LogP contribution >= 0.6 is 0 Å². The van der Waals surface area contributed by atoms with Gasteiger partial charge in [0.25, 0.3) is 0 Å². The highest BCUT2D eigenvalue weighted by Crippen LogP contribution is 2.25. The van der Waals surface area contributed by atoms with Crippen molar-refractivity contribution in [3.05, 3.63) is 18.2 Å². The number of nitrogens with two attached hydrogens (primary N) is 1. The topological polar surface area (TPSA) is 94.1 Å². The van der Waals surface area contributed by atoms with E-state index in [9.17, 15) is 8.42 Å². The minimum Gasteiger partial charge on any atom is -0.327 e. The fourth-order valence-corrected chi connectivity index (χ4v) is 4.23. The lowest BCUT2D eigenvalue weighted by Gasteiger charge is -2.29. The van der Waals surface area contributed by atoms with Gasteiger partial charge < -0.3 is 5.73 Å². The van der Waals surface area contributed by atoms with Crippen LogP contribution in [0.4, 0.5) is 0 Å². The zero-order valence-corrected chi connectivity index (χ0v) is 12.0. The molecule has 108 valence electrons. The number of hydrogen-bond acceptors (Lipinski definition) is 5. The smallest absolute Gasteiger partial charge is 0.245 e.